The molecule has 4 nitrogen and oxygen atoms in total. The van der Waals surface area contributed by atoms with Crippen molar-refractivity contribution >= 4 is 27.5 Å². The van der Waals surface area contributed by atoms with Gasteiger partial charge in [0.25, 0.3) is 0 Å². The van der Waals surface area contributed by atoms with Crippen LogP contribution in [0, 0.1) is 0 Å². The molecule has 0 radical (unpaired) electrons. The minimum Gasteiger partial charge on any atom is -0.369 e. The van der Waals surface area contributed by atoms with Crippen LogP contribution in [0.4, 0.5) is 5.69 Å². The van der Waals surface area contributed by atoms with Crippen LogP contribution in [0.15, 0.2) is 22.7 Å². The standard InChI is InChI=1S/C16H24BrN3O/c1-16(2,3)19-11-12-4-5-13(10-14(12)17)20-8-6-15(21)18-7-9-20/h4-5,10,19H,6-9,11H2,1-3H3,(H,18,21). The van der Waals surface area contributed by atoms with E-state index in [0.29, 0.717) is 13.0 Å². The van der Waals surface area contributed by atoms with Gasteiger partial charge >= 0.3 is 0 Å². The van der Waals surface area contributed by atoms with Crippen LogP contribution in [0.2, 0.25) is 0 Å². The summed E-state index contributed by atoms with van der Waals surface area (Å²) in [6.07, 6.45) is 0.560. The van der Waals surface area contributed by atoms with E-state index in [1.807, 2.05) is 0 Å². The van der Waals surface area contributed by atoms with E-state index in [1.54, 1.807) is 0 Å². The summed E-state index contributed by atoms with van der Waals surface area (Å²) in [5.74, 6) is 0.141. The number of halogens is 1. The highest BCUT2D eigenvalue weighted by molar-refractivity contribution is 9.10. The van der Waals surface area contributed by atoms with Crippen molar-refractivity contribution in [2.75, 3.05) is 24.5 Å². The van der Waals surface area contributed by atoms with E-state index in [4.69, 9.17) is 0 Å². The van der Waals surface area contributed by atoms with E-state index < -0.39 is 0 Å². The number of hydrogen-bond donors (Lipinski definition) is 2. The van der Waals surface area contributed by atoms with E-state index in [1.165, 1.54) is 5.56 Å². The first-order chi connectivity index (χ1) is 9.85. The first-order valence-corrected chi connectivity index (χ1v) is 8.19. The molecule has 0 spiro atoms. The third-order valence-electron chi connectivity index (χ3n) is 3.52. The minimum absolute atomic E-state index is 0.106. The summed E-state index contributed by atoms with van der Waals surface area (Å²) in [6, 6.07) is 6.44. The van der Waals surface area contributed by atoms with Crippen LogP contribution in [0.5, 0.6) is 0 Å². The predicted molar refractivity (Wildman–Crippen MR) is 90.6 cm³/mol. The summed E-state index contributed by atoms with van der Waals surface area (Å²) < 4.78 is 1.11. The smallest absolute Gasteiger partial charge is 0.221 e. The molecule has 1 saturated heterocycles. The molecular weight excluding hydrogens is 330 g/mol. The van der Waals surface area contributed by atoms with Crippen molar-refractivity contribution < 1.29 is 4.79 Å². The summed E-state index contributed by atoms with van der Waals surface area (Å²) in [4.78, 5) is 13.7. The molecule has 1 heterocycles. The number of carbonyl (C=O) groups is 1. The quantitative estimate of drug-likeness (QED) is 0.877. The molecule has 0 atom stereocenters. The maximum Gasteiger partial charge on any atom is 0.221 e. The molecule has 5 heteroatoms. The van der Waals surface area contributed by atoms with Gasteiger partial charge in [-0.05, 0) is 38.5 Å². The number of hydrogen-bond acceptors (Lipinski definition) is 3. The fourth-order valence-corrected chi connectivity index (χ4v) is 2.77. The van der Waals surface area contributed by atoms with Crippen molar-refractivity contribution in [3.8, 4) is 0 Å². The fourth-order valence-electron chi connectivity index (χ4n) is 2.26. The first kappa shape index (κ1) is 16.3. The molecule has 1 aliphatic rings. The molecule has 1 aromatic carbocycles. The Bertz CT molecular complexity index is 511. The Balaban J connectivity index is 2.06. The van der Waals surface area contributed by atoms with Crippen LogP contribution in [-0.4, -0.2) is 31.1 Å². The van der Waals surface area contributed by atoms with Crippen LogP contribution in [0.25, 0.3) is 0 Å². The van der Waals surface area contributed by atoms with Gasteiger partial charge in [-0.15, -0.1) is 0 Å². The van der Waals surface area contributed by atoms with E-state index in [0.717, 1.165) is 29.8 Å². The van der Waals surface area contributed by atoms with Gasteiger partial charge in [-0.3, -0.25) is 4.79 Å². The maximum absolute atomic E-state index is 11.4. The molecule has 2 N–H and O–H groups in total. The summed E-state index contributed by atoms with van der Waals surface area (Å²) in [6.45, 7) is 9.67. The lowest BCUT2D eigenvalue weighted by Crippen LogP contribution is -2.35. The molecule has 21 heavy (non-hydrogen) atoms. The maximum atomic E-state index is 11.4. The number of amides is 1. The number of benzene rings is 1. The second-order valence-corrected chi connectivity index (χ2v) is 7.32. The van der Waals surface area contributed by atoms with Crippen molar-refractivity contribution in [3.63, 3.8) is 0 Å². The molecule has 1 aliphatic heterocycles. The Hall–Kier alpha value is -1.07. The fraction of sp³-hybridized carbons (Fsp3) is 0.562. The normalized spacial score (nSPS) is 16.6. The Kier molecular flexibility index (Phi) is 5.27. The number of nitrogens with one attached hydrogen (secondary N) is 2. The van der Waals surface area contributed by atoms with Gasteiger partial charge in [0.15, 0.2) is 0 Å². The molecule has 1 fully saturated rings. The van der Waals surface area contributed by atoms with Gasteiger partial charge in [0.2, 0.25) is 5.91 Å². The van der Waals surface area contributed by atoms with Crippen LogP contribution in [0.3, 0.4) is 0 Å². The lowest BCUT2D eigenvalue weighted by atomic mass is 10.1. The Labute approximate surface area is 135 Å². The second kappa shape index (κ2) is 6.79. The van der Waals surface area contributed by atoms with Gasteiger partial charge in [-0.25, -0.2) is 0 Å². The van der Waals surface area contributed by atoms with Gasteiger partial charge in [0, 0.05) is 48.3 Å². The molecule has 1 amide bonds. The van der Waals surface area contributed by atoms with E-state index >= 15 is 0 Å². The molecule has 116 valence electrons. The van der Waals surface area contributed by atoms with Crippen LogP contribution >= 0.6 is 15.9 Å². The third kappa shape index (κ3) is 5.00. The van der Waals surface area contributed by atoms with Crippen molar-refractivity contribution in [2.45, 2.75) is 39.3 Å². The summed E-state index contributed by atoms with van der Waals surface area (Å²) in [7, 11) is 0. The second-order valence-electron chi connectivity index (χ2n) is 6.47. The molecule has 0 saturated carbocycles. The van der Waals surface area contributed by atoms with E-state index in [-0.39, 0.29) is 11.4 Å². The highest BCUT2D eigenvalue weighted by Gasteiger charge is 2.15. The van der Waals surface area contributed by atoms with Gasteiger partial charge in [0.1, 0.15) is 0 Å². The monoisotopic (exact) mass is 353 g/mol. The van der Waals surface area contributed by atoms with Crippen molar-refractivity contribution in [3.05, 3.63) is 28.2 Å². The zero-order valence-electron chi connectivity index (χ0n) is 13.0. The minimum atomic E-state index is 0.106. The highest BCUT2D eigenvalue weighted by Crippen LogP contribution is 2.25. The average Bonchev–Trinajstić information content (AvgIpc) is 2.61. The SMILES string of the molecule is CC(C)(C)NCc1ccc(N2CCNC(=O)CC2)cc1Br. The van der Waals surface area contributed by atoms with Gasteiger partial charge in [0.05, 0.1) is 0 Å². The molecule has 1 aromatic rings. The number of rotatable bonds is 3. The third-order valence-corrected chi connectivity index (χ3v) is 4.26. The number of carbonyl (C=O) groups excluding carboxylic acids is 1. The predicted octanol–water partition coefficient (Wildman–Crippen LogP) is 2.66. The first-order valence-electron chi connectivity index (χ1n) is 7.40. The Morgan fingerprint density at radius 2 is 2.10 bits per heavy atom. The van der Waals surface area contributed by atoms with Crippen LogP contribution in [0.1, 0.15) is 32.8 Å². The summed E-state index contributed by atoms with van der Waals surface area (Å²) >= 11 is 3.66. The van der Waals surface area contributed by atoms with Crippen LogP contribution < -0.4 is 15.5 Å². The zero-order chi connectivity index (χ0) is 15.5. The molecule has 0 bridgehead atoms. The molecule has 0 aliphatic carbocycles. The Morgan fingerprint density at radius 3 is 2.76 bits per heavy atom. The largest absolute Gasteiger partial charge is 0.369 e. The highest BCUT2D eigenvalue weighted by atomic mass is 79.9. The number of anilines is 1. The lowest BCUT2D eigenvalue weighted by Gasteiger charge is -2.24. The Morgan fingerprint density at radius 1 is 1.33 bits per heavy atom. The van der Waals surface area contributed by atoms with Gasteiger partial charge in [-0.2, -0.15) is 0 Å². The van der Waals surface area contributed by atoms with Crippen molar-refractivity contribution in [2.24, 2.45) is 0 Å². The van der Waals surface area contributed by atoms with E-state index in [2.05, 4.69) is 70.4 Å². The molecule has 0 unspecified atom stereocenters. The summed E-state index contributed by atoms with van der Waals surface area (Å²) in [5, 5.41) is 6.40. The number of nitrogens with zero attached hydrogens (tertiary/aromatic N) is 1. The molecule has 2 rings (SSSR count). The van der Waals surface area contributed by atoms with Crippen molar-refractivity contribution in [1.29, 1.82) is 0 Å². The van der Waals surface area contributed by atoms with Gasteiger partial charge in [-0.1, -0.05) is 22.0 Å². The van der Waals surface area contributed by atoms with Crippen LogP contribution in [-0.2, 0) is 11.3 Å². The average molecular weight is 354 g/mol. The molecular formula is C16H24BrN3O. The zero-order valence-corrected chi connectivity index (χ0v) is 14.6. The topological polar surface area (TPSA) is 44.4 Å². The summed E-state index contributed by atoms with van der Waals surface area (Å²) in [5.41, 5.74) is 2.52. The molecule has 0 aromatic heterocycles. The van der Waals surface area contributed by atoms with Crippen molar-refractivity contribution in [1.82, 2.24) is 10.6 Å². The lowest BCUT2D eigenvalue weighted by molar-refractivity contribution is -0.120. The van der Waals surface area contributed by atoms with E-state index in [9.17, 15) is 4.79 Å². The van der Waals surface area contributed by atoms with Gasteiger partial charge < -0.3 is 15.5 Å².